The molecule has 4 rings (SSSR count). The van der Waals surface area contributed by atoms with Crippen molar-refractivity contribution in [1.29, 1.82) is 0 Å². The average molecular weight is 355 g/mol. The molecular formula is C18H14FN3O2S. The summed E-state index contributed by atoms with van der Waals surface area (Å²) in [6.45, 7) is 0. The summed E-state index contributed by atoms with van der Waals surface area (Å²) in [5, 5.41) is 12.4. The van der Waals surface area contributed by atoms with Crippen LogP contribution in [0.1, 0.15) is 16.5 Å². The summed E-state index contributed by atoms with van der Waals surface area (Å²) in [6, 6.07) is 13.1. The van der Waals surface area contributed by atoms with E-state index in [4.69, 9.17) is 0 Å². The number of nitrogens with zero attached hydrogens (tertiary/aromatic N) is 2. The van der Waals surface area contributed by atoms with Crippen LogP contribution in [-0.2, 0) is 4.79 Å². The van der Waals surface area contributed by atoms with Crippen LogP contribution in [0.25, 0.3) is 5.69 Å². The number of aromatic nitrogens is 2. The predicted molar refractivity (Wildman–Crippen MR) is 94.6 cm³/mol. The van der Waals surface area contributed by atoms with E-state index >= 15 is 0 Å². The molecule has 1 amide bonds. The van der Waals surface area contributed by atoms with Crippen LogP contribution in [0.5, 0.6) is 5.75 Å². The minimum absolute atomic E-state index is 0.140. The van der Waals surface area contributed by atoms with Crippen molar-refractivity contribution in [2.75, 3.05) is 11.1 Å². The quantitative estimate of drug-likeness (QED) is 0.738. The van der Waals surface area contributed by atoms with E-state index in [9.17, 15) is 14.3 Å². The Morgan fingerprint density at radius 3 is 2.88 bits per heavy atom. The number of benzene rings is 2. The molecule has 2 heterocycles. The van der Waals surface area contributed by atoms with Gasteiger partial charge in [0.2, 0.25) is 5.91 Å². The normalized spacial score (nSPS) is 16.8. The van der Waals surface area contributed by atoms with Crippen molar-refractivity contribution in [2.24, 2.45) is 0 Å². The van der Waals surface area contributed by atoms with Crippen LogP contribution in [-0.4, -0.2) is 26.3 Å². The first-order chi connectivity index (χ1) is 12.1. The first-order valence-electron chi connectivity index (χ1n) is 7.65. The zero-order valence-electron chi connectivity index (χ0n) is 13.0. The number of rotatable bonds is 2. The number of hydrogen-bond acceptors (Lipinski definition) is 4. The molecule has 0 aliphatic carbocycles. The molecule has 1 aromatic heterocycles. The van der Waals surface area contributed by atoms with Crippen molar-refractivity contribution in [3.63, 3.8) is 0 Å². The van der Waals surface area contributed by atoms with Gasteiger partial charge in [0.25, 0.3) is 0 Å². The summed E-state index contributed by atoms with van der Waals surface area (Å²) in [7, 11) is 0. The number of carbonyl (C=O) groups is 1. The van der Waals surface area contributed by atoms with Crippen molar-refractivity contribution in [1.82, 2.24) is 9.55 Å². The Morgan fingerprint density at radius 1 is 1.24 bits per heavy atom. The number of hydrogen-bond donors (Lipinski definition) is 2. The van der Waals surface area contributed by atoms with Gasteiger partial charge in [-0.2, -0.15) is 0 Å². The second-order valence-corrected chi connectivity index (χ2v) is 6.76. The molecule has 0 fully saturated rings. The van der Waals surface area contributed by atoms with Crippen LogP contribution in [0.4, 0.5) is 10.2 Å². The van der Waals surface area contributed by atoms with Crippen molar-refractivity contribution in [3.8, 4) is 11.4 Å². The lowest BCUT2D eigenvalue weighted by Gasteiger charge is -2.18. The van der Waals surface area contributed by atoms with Crippen molar-refractivity contribution in [3.05, 3.63) is 71.9 Å². The van der Waals surface area contributed by atoms with Gasteiger partial charge in [0.1, 0.15) is 17.9 Å². The van der Waals surface area contributed by atoms with Gasteiger partial charge >= 0.3 is 0 Å². The number of phenolic OH excluding ortho intramolecular Hbond substituents is 1. The highest BCUT2D eigenvalue weighted by atomic mass is 32.2. The lowest BCUT2D eigenvalue weighted by Crippen LogP contribution is -2.12. The van der Waals surface area contributed by atoms with Gasteiger partial charge in [-0.05, 0) is 35.9 Å². The topological polar surface area (TPSA) is 67.1 Å². The van der Waals surface area contributed by atoms with Crippen LogP contribution in [0.3, 0.4) is 0 Å². The molecule has 1 atom stereocenters. The molecule has 5 nitrogen and oxygen atoms in total. The fraction of sp³-hybridized carbons (Fsp3) is 0.111. The number of aromatic hydroxyl groups is 1. The van der Waals surface area contributed by atoms with Gasteiger partial charge in [0.05, 0.1) is 16.7 Å². The molecule has 25 heavy (non-hydrogen) atoms. The fourth-order valence-corrected chi connectivity index (χ4v) is 4.00. The number of nitrogens with one attached hydrogen (secondary N) is 1. The number of phenols is 1. The summed E-state index contributed by atoms with van der Waals surface area (Å²) in [6.07, 6.45) is 1.57. The molecular weight excluding hydrogens is 341 g/mol. The molecule has 1 aliphatic heterocycles. The monoisotopic (exact) mass is 355 g/mol. The first-order valence-corrected chi connectivity index (χ1v) is 8.70. The first kappa shape index (κ1) is 15.7. The smallest absolute Gasteiger partial charge is 0.235 e. The lowest BCUT2D eigenvalue weighted by atomic mass is 10.1. The molecule has 0 unspecified atom stereocenters. The van der Waals surface area contributed by atoms with Gasteiger partial charge in [-0.15, -0.1) is 11.8 Å². The lowest BCUT2D eigenvalue weighted by molar-refractivity contribution is -0.113. The standard InChI is InChI=1S/C18H14FN3O2S/c19-12-4-2-5-13(8-12)22-10-20-18-16(22)17(25-9-15(24)21-18)11-3-1-6-14(23)7-11/h1-8,10,17,23H,9H2,(H,21,24)/t17-/m1/s1. The van der Waals surface area contributed by atoms with E-state index in [0.717, 1.165) is 11.3 Å². The number of thioether (sulfide) groups is 1. The van der Waals surface area contributed by atoms with Gasteiger partial charge in [-0.3, -0.25) is 9.36 Å². The van der Waals surface area contributed by atoms with Crippen LogP contribution >= 0.6 is 11.8 Å². The van der Waals surface area contributed by atoms with Crippen LogP contribution in [0.15, 0.2) is 54.9 Å². The van der Waals surface area contributed by atoms with E-state index in [1.807, 2.05) is 6.07 Å². The maximum absolute atomic E-state index is 13.7. The number of anilines is 1. The highest BCUT2D eigenvalue weighted by molar-refractivity contribution is 8.00. The Bertz CT molecular complexity index is 957. The van der Waals surface area contributed by atoms with E-state index < -0.39 is 0 Å². The molecule has 2 aromatic carbocycles. The molecule has 0 spiro atoms. The summed E-state index contributed by atoms with van der Waals surface area (Å²) in [4.78, 5) is 16.3. The Morgan fingerprint density at radius 2 is 2.08 bits per heavy atom. The second-order valence-electron chi connectivity index (χ2n) is 5.66. The maximum atomic E-state index is 13.7. The molecule has 0 saturated carbocycles. The van der Waals surface area contributed by atoms with E-state index in [1.54, 1.807) is 41.2 Å². The van der Waals surface area contributed by atoms with E-state index in [2.05, 4.69) is 10.3 Å². The van der Waals surface area contributed by atoms with Crippen LogP contribution in [0.2, 0.25) is 0 Å². The fourth-order valence-electron chi connectivity index (χ4n) is 2.88. The van der Waals surface area contributed by atoms with Gasteiger partial charge in [-0.1, -0.05) is 18.2 Å². The van der Waals surface area contributed by atoms with Gasteiger partial charge in [0.15, 0.2) is 5.82 Å². The zero-order chi connectivity index (χ0) is 17.4. The molecule has 0 radical (unpaired) electrons. The molecule has 0 bridgehead atoms. The van der Waals surface area contributed by atoms with Gasteiger partial charge < -0.3 is 10.4 Å². The number of fused-ring (bicyclic) bond motifs is 1. The Hall–Kier alpha value is -2.80. The summed E-state index contributed by atoms with van der Waals surface area (Å²) in [5.74, 6) is 0.380. The van der Waals surface area contributed by atoms with E-state index in [1.165, 1.54) is 23.9 Å². The third-order valence-electron chi connectivity index (χ3n) is 3.95. The largest absolute Gasteiger partial charge is 0.508 e. The third kappa shape index (κ3) is 2.98. The highest BCUT2D eigenvalue weighted by Crippen LogP contribution is 2.42. The number of imidazole rings is 1. The van der Waals surface area contributed by atoms with E-state index in [0.29, 0.717) is 11.5 Å². The summed E-state index contributed by atoms with van der Waals surface area (Å²) in [5.41, 5.74) is 2.21. The van der Waals surface area contributed by atoms with Crippen molar-refractivity contribution >= 4 is 23.5 Å². The SMILES string of the molecule is O=C1CS[C@H](c2cccc(O)c2)c2c(ncn2-c2cccc(F)c2)N1. The number of amides is 1. The molecule has 7 heteroatoms. The van der Waals surface area contributed by atoms with Crippen molar-refractivity contribution in [2.45, 2.75) is 5.25 Å². The molecule has 126 valence electrons. The Balaban J connectivity index is 1.89. The van der Waals surface area contributed by atoms with E-state index in [-0.39, 0.29) is 28.5 Å². The Kier molecular flexibility index (Phi) is 3.93. The predicted octanol–water partition coefficient (Wildman–Crippen LogP) is 3.49. The second kappa shape index (κ2) is 6.25. The number of carbonyl (C=O) groups excluding carboxylic acids is 1. The molecule has 1 aliphatic rings. The molecule has 2 N–H and O–H groups in total. The third-order valence-corrected chi connectivity index (χ3v) is 5.21. The summed E-state index contributed by atoms with van der Waals surface area (Å²) >= 11 is 1.44. The number of halogens is 1. The van der Waals surface area contributed by atoms with Crippen molar-refractivity contribution < 1.29 is 14.3 Å². The van der Waals surface area contributed by atoms with Crippen LogP contribution in [0, 0.1) is 5.82 Å². The molecule has 0 saturated heterocycles. The minimum Gasteiger partial charge on any atom is -0.508 e. The highest BCUT2D eigenvalue weighted by Gasteiger charge is 2.29. The zero-order valence-corrected chi connectivity index (χ0v) is 13.8. The minimum atomic E-state index is -0.348. The summed E-state index contributed by atoms with van der Waals surface area (Å²) < 4.78 is 15.4. The molecule has 3 aromatic rings. The van der Waals surface area contributed by atoms with Gasteiger partial charge in [0, 0.05) is 5.69 Å². The van der Waals surface area contributed by atoms with Gasteiger partial charge in [-0.25, -0.2) is 9.37 Å². The maximum Gasteiger partial charge on any atom is 0.235 e. The average Bonchev–Trinajstić information content (AvgIpc) is 2.91. The Labute approximate surface area is 147 Å². The van der Waals surface area contributed by atoms with Crippen LogP contribution < -0.4 is 5.32 Å².